The van der Waals surface area contributed by atoms with Crippen molar-refractivity contribution in [3.63, 3.8) is 0 Å². The Morgan fingerprint density at radius 2 is 1.58 bits per heavy atom. The highest BCUT2D eigenvalue weighted by Crippen LogP contribution is 2.37. The Bertz CT molecular complexity index is 913. The van der Waals surface area contributed by atoms with E-state index in [0.717, 1.165) is 10.7 Å². The fraction of sp³-hybridized carbons (Fsp3) is 0.381. The summed E-state index contributed by atoms with van der Waals surface area (Å²) in [7, 11) is 1.86. The number of hydrogen-bond donors (Lipinski definition) is 0. The van der Waals surface area contributed by atoms with Crippen molar-refractivity contribution in [2.24, 2.45) is 4.99 Å². The van der Waals surface area contributed by atoms with E-state index in [1.165, 1.54) is 11.8 Å². The van der Waals surface area contributed by atoms with Gasteiger partial charge in [-0.2, -0.15) is 26.3 Å². The van der Waals surface area contributed by atoms with Crippen molar-refractivity contribution < 1.29 is 31.1 Å². The lowest BCUT2D eigenvalue weighted by Crippen LogP contribution is -2.35. The van der Waals surface area contributed by atoms with Crippen LogP contribution in [0.1, 0.15) is 22.3 Å². The molecule has 0 saturated heterocycles. The molecule has 3 rings (SSSR count). The molecule has 168 valence electrons. The second-order valence-corrected chi connectivity index (χ2v) is 8.03. The van der Waals surface area contributed by atoms with E-state index < -0.39 is 35.6 Å². The lowest BCUT2D eigenvalue weighted by Gasteiger charge is -2.27. The van der Waals surface area contributed by atoms with E-state index in [1.54, 1.807) is 0 Å². The molecule has 0 aliphatic carbocycles. The minimum absolute atomic E-state index is 0.00299. The average Bonchev–Trinajstić information content (AvgIpc) is 3.04. The van der Waals surface area contributed by atoms with Crippen LogP contribution in [0.3, 0.4) is 0 Å². The molecule has 1 aliphatic heterocycles. The summed E-state index contributed by atoms with van der Waals surface area (Å²) in [4.78, 5) is 6.69. The van der Waals surface area contributed by atoms with E-state index in [9.17, 15) is 26.3 Å². The van der Waals surface area contributed by atoms with Gasteiger partial charge in [0.15, 0.2) is 5.17 Å². The first-order chi connectivity index (χ1) is 14.4. The van der Waals surface area contributed by atoms with Crippen molar-refractivity contribution in [2.75, 3.05) is 26.5 Å². The number of benzene rings is 2. The molecule has 0 bridgehead atoms. The van der Waals surface area contributed by atoms with Crippen LogP contribution in [-0.4, -0.2) is 36.5 Å². The molecule has 1 unspecified atom stereocenters. The SMILES string of the molecule is CSC1=NC(COCc2cc(C(F)(F)F)cc(C(F)(F)F)c2)(c2ccccc2)CN1C. The normalized spacial score (nSPS) is 19.6. The molecule has 0 radical (unpaired) electrons. The quantitative estimate of drug-likeness (QED) is 0.525. The van der Waals surface area contributed by atoms with Gasteiger partial charge in [-0.1, -0.05) is 42.1 Å². The molecule has 1 heterocycles. The molecule has 2 aromatic carbocycles. The van der Waals surface area contributed by atoms with Crippen LogP contribution >= 0.6 is 11.8 Å². The Kier molecular flexibility index (Phi) is 6.61. The maximum absolute atomic E-state index is 13.1. The summed E-state index contributed by atoms with van der Waals surface area (Å²) >= 11 is 1.45. The van der Waals surface area contributed by atoms with Crippen LogP contribution in [0, 0.1) is 0 Å². The highest BCUT2D eigenvalue weighted by molar-refractivity contribution is 8.13. The highest BCUT2D eigenvalue weighted by Gasteiger charge is 2.40. The van der Waals surface area contributed by atoms with Crippen LogP contribution in [0.5, 0.6) is 0 Å². The molecule has 1 atom stereocenters. The van der Waals surface area contributed by atoms with E-state index in [2.05, 4.69) is 0 Å². The molecule has 1 aliphatic rings. The predicted octanol–water partition coefficient (Wildman–Crippen LogP) is 5.80. The Morgan fingerprint density at radius 1 is 1.00 bits per heavy atom. The summed E-state index contributed by atoms with van der Waals surface area (Å²) in [5.41, 5.74) is -2.87. The maximum atomic E-state index is 13.1. The van der Waals surface area contributed by atoms with Crippen LogP contribution in [0.4, 0.5) is 26.3 Å². The van der Waals surface area contributed by atoms with Crippen LogP contribution < -0.4 is 0 Å². The number of alkyl halides is 6. The van der Waals surface area contributed by atoms with Gasteiger partial charge >= 0.3 is 12.4 Å². The third kappa shape index (κ3) is 5.35. The topological polar surface area (TPSA) is 24.8 Å². The third-order valence-corrected chi connectivity index (χ3v) is 5.65. The van der Waals surface area contributed by atoms with Gasteiger partial charge in [-0.05, 0) is 35.6 Å². The Morgan fingerprint density at radius 3 is 2.06 bits per heavy atom. The van der Waals surface area contributed by atoms with Crippen molar-refractivity contribution in [3.05, 3.63) is 70.8 Å². The van der Waals surface area contributed by atoms with Crippen LogP contribution in [-0.2, 0) is 29.2 Å². The predicted molar refractivity (Wildman–Crippen MR) is 108 cm³/mol. The van der Waals surface area contributed by atoms with Gasteiger partial charge in [0, 0.05) is 7.05 Å². The average molecular weight is 462 g/mol. The number of nitrogens with zero attached hydrogens (tertiary/aromatic N) is 2. The van der Waals surface area contributed by atoms with E-state index in [0.29, 0.717) is 18.7 Å². The maximum Gasteiger partial charge on any atom is 0.416 e. The zero-order chi connectivity index (χ0) is 22.9. The monoisotopic (exact) mass is 462 g/mol. The van der Waals surface area contributed by atoms with Gasteiger partial charge in [0.25, 0.3) is 0 Å². The Balaban J connectivity index is 1.86. The minimum atomic E-state index is -4.90. The molecule has 0 saturated carbocycles. The number of thioether (sulfide) groups is 1. The van der Waals surface area contributed by atoms with E-state index >= 15 is 0 Å². The molecular formula is C21H20F6N2OS. The third-order valence-electron chi connectivity index (χ3n) is 4.89. The summed E-state index contributed by atoms with van der Waals surface area (Å²) < 4.78 is 84.1. The van der Waals surface area contributed by atoms with Gasteiger partial charge in [0.05, 0.1) is 30.9 Å². The summed E-state index contributed by atoms with van der Waals surface area (Å²) in [5, 5.41) is 0.769. The first kappa shape index (κ1) is 23.5. The molecule has 3 nitrogen and oxygen atoms in total. The second-order valence-electron chi connectivity index (χ2n) is 7.26. The van der Waals surface area contributed by atoms with Crippen molar-refractivity contribution in [1.29, 1.82) is 0 Å². The van der Waals surface area contributed by atoms with Crippen LogP contribution in [0.15, 0.2) is 53.5 Å². The number of aliphatic imine (C=N–C) groups is 1. The Hall–Kier alpha value is -2.20. The van der Waals surface area contributed by atoms with Crippen molar-refractivity contribution in [1.82, 2.24) is 4.90 Å². The molecule has 0 N–H and O–H groups in total. The first-order valence-corrected chi connectivity index (χ1v) is 10.4. The van der Waals surface area contributed by atoms with Crippen LogP contribution in [0.25, 0.3) is 0 Å². The van der Waals surface area contributed by atoms with Crippen molar-refractivity contribution in [3.8, 4) is 0 Å². The summed E-state index contributed by atoms with van der Waals surface area (Å²) in [6, 6.07) is 10.7. The van der Waals surface area contributed by atoms with Crippen LogP contribution in [0.2, 0.25) is 0 Å². The van der Waals surface area contributed by atoms with E-state index in [-0.39, 0.29) is 18.2 Å². The summed E-state index contributed by atoms with van der Waals surface area (Å²) in [6.07, 6.45) is -7.92. The number of ether oxygens (including phenoxy) is 1. The fourth-order valence-electron chi connectivity index (χ4n) is 3.47. The number of likely N-dealkylation sites (N-methyl/N-ethyl adjacent to an activating group) is 1. The zero-order valence-corrected chi connectivity index (χ0v) is 17.5. The van der Waals surface area contributed by atoms with Gasteiger partial charge in [-0.15, -0.1) is 0 Å². The molecule has 10 heteroatoms. The number of hydrogen-bond acceptors (Lipinski definition) is 4. The van der Waals surface area contributed by atoms with Gasteiger partial charge < -0.3 is 9.64 Å². The molecule has 0 fully saturated rings. The zero-order valence-electron chi connectivity index (χ0n) is 16.7. The Labute approximate surface area is 180 Å². The molecule has 31 heavy (non-hydrogen) atoms. The fourth-order valence-corrected chi connectivity index (χ4v) is 4.11. The standard InChI is InChI=1S/C21H20F6N2OS/c1-29-12-19(28-18(29)31-2,15-6-4-3-5-7-15)13-30-11-14-8-16(20(22,23)24)10-17(9-14)21(25,26)27/h3-10H,11-13H2,1-2H3. The van der Waals surface area contributed by atoms with Crippen molar-refractivity contribution >= 4 is 16.9 Å². The number of rotatable bonds is 5. The van der Waals surface area contributed by atoms with Crippen molar-refractivity contribution in [2.45, 2.75) is 24.5 Å². The second kappa shape index (κ2) is 8.74. The first-order valence-electron chi connectivity index (χ1n) is 9.21. The lowest BCUT2D eigenvalue weighted by atomic mass is 9.92. The molecular weight excluding hydrogens is 442 g/mol. The van der Waals surface area contributed by atoms with Gasteiger partial charge in [-0.3, -0.25) is 0 Å². The largest absolute Gasteiger partial charge is 0.416 e. The highest BCUT2D eigenvalue weighted by atomic mass is 32.2. The van der Waals surface area contributed by atoms with Gasteiger partial charge in [-0.25, -0.2) is 4.99 Å². The number of halogens is 6. The minimum Gasteiger partial charge on any atom is -0.374 e. The van der Waals surface area contributed by atoms with E-state index in [4.69, 9.17) is 9.73 Å². The molecule has 0 amide bonds. The van der Waals surface area contributed by atoms with Gasteiger partial charge in [0.1, 0.15) is 5.54 Å². The smallest absolute Gasteiger partial charge is 0.374 e. The molecule has 0 spiro atoms. The number of amidine groups is 1. The summed E-state index contributed by atoms with van der Waals surface area (Å²) in [6.45, 7) is 0.0714. The molecule has 2 aromatic rings. The van der Waals surface area contributed by atoms with E-state index in [1.807, 2.05) is 48.5 Å². The van der Waals surface area contributed by atoms with Gasteiger partial charge in [0.2, 0.25) is 0 Å². The summed E-state index contributed by atoms with van der Waals surface area (Å²) in [5.74, 6) is 0. The molecule has 0 aromatic heterocycles. The lowest BCUT2D eigenvalue weighted by molar-refractivity contribution is -0.143.